The molecule has 0 heterocycles. The lowest BCUT2D eigenvalue weighted by Gasteiger charge is -2.28. The molecule has 130 valence electrons. The zero-order chi connectivity index (χ0) is 17.9. The maximum atomic E-state index is 13.7. The summed E-state index contributed by atoms with van der Waals surface area (Å²) in [6.07, 6.45) is 3.21. The molecule has 0 radical (unpaired) electrons. The third-order valence-corrected chi connectivity index (χ3v) is 4.66. The summed E-state index contributed by atoms with van der Waals surface area (Å²) in [4.78, 5) is 24.0. The van der Waals surface area contributed by atoms with Crippen molar-refractivity contribution in [2.75, 3.05) is 10.6 Å². The number of benzene rings is 2. The van der Waals surface area contributed by atoms with E-state index in [2.05, 4.69) is 10.6 Å². The third kappa shape index (κ3) is 3.63. The Morgan fingerprint density at radius 3 is 2.24 bits per heavy atom. The van der Waals surface area contributed by atoms with Crippen LogP contribution in [0.2, 0.25) is 0 Å². The highest BCUT2D eigenvalue weighted by Gasteiger charge is 2.42. The van der Waals surface area contributed by atoms with Crippen molar-refractivity contribution in [3.8, 4) is 0 Å². The minimum Gasteiger partial charge on any atom is -0.351 e. The summed E-state index contributed by atoms with van der Waals surface area (Å²) in [5.41, 5.74) is 6.14. The van der Waals surface area contributed by atoms with E-state index in [1.165, 1.54) is 12.1 Å². The summed E-state index contributed by atoms with van der Waals surface area (Å²) in [5.74, 6) is -0.504. The average Bonchev–Trinajstić information content (AvgIpc) is 3.05. The van der Waals surface area contributed by atoms with Gasteiger partial charge in [-0.2, -0.15) is 0 Å². The van der Waals surface area contributed by atoms with Crippen molar-refractivity contribution in [2.24, 2.45) is 5.73 Å². The van der Waals surface area contributed by atoms with Gasteiger partial charge in [0.25, 0.3) is 0 Å². The topological polar surface area (TPSA) is 84.2 Å². The second kappa shape index (κ2) is 6.93. The van der Waals surface area contributed by atoms with E-state index in [1.807, 2.05) is 0 Å². The second-order valence-corrected chi connectivity index (χ2v) is 6.32. The molecule has 3 rings (SSSR count). The van der Waals surface area contributed by atoms with Crippen LogP contribution in [0.1, 0.15) is 31.2 Å². The molecule has 1 fully saturated rings. The lowest BCUT2D eigenvalue weighted by molar-refractivity contribution is -0.121. The number of urea groups is 1. The molecule has 0 unspecified atom stereocenters. The van der Waals surface area contributed by atoms with Gasteiger partial charge in [0, 0.05) is 11.4 Å². The lowest BCUT2D eigenvalue weighted by Crippen LogP contribution is -2.38. The van der Waals surface area contributed by atoms with Gasteiger partial charge in [-0.05, 0) is 48.7 Å². The molecule has 25 heavy (non-hydrogen) atoms. The quantitative estimate of drug-likeness (QED) is 0.791. The fraction of sp³-hybridized carbons (Fsp3) is 0.263. The van der Waals surface area contributed by atoms with E-state index >= 15 is 0 Å². The minimum absolute atomic E-state index is 0.160. The van der Waals surface area contributed by atoms with E-state index in [1.54, 1.807) is 36.4 Å². The van der Waals surface area contributed by atoms with Gasteiger partial charge in [-0.15, -0.1) is 0 Å². The normalized spacial score (nSPS) is 15.6. The predicted molar refractivity (Wildman–Crippen MR) is 94.8 cm³/mol. The molecule has 3 amide bonds. The number of amides is 3. The van der Waals surface area contributed by atoms with E-state index in [-0.39, 0.29) is 11.7 Å². The maximum absolute atomic E-state index is 13.7. The predicted octanol–water partition coefficient (Wildman–Crippen LogP) is 3.77. The molecule has 5 nitrogen and oxygen atoms in total. The van der Waals surface area contributed by atoms with E-state index in [4.69, 9.17) is 5.73 Å². The Morgan fingerprint density at radius 2 is 1.60 bits per heavy atom. The van der Waals surface area contributed by atoms with Crippen molar-refractivity contribution in [3.05, 3.63) is 59.9 Å². The Morgan fingerprint density at radius 1 is 0.960 bits per heavy atom. The largest absolute Gasteiger partial charge is 0.351 e. The molecule has 6 heteroatoms. The molecular weight excluding hydrogens is 321 g/mol. The van der Waals surface area contributed by atoms with Crippen molar-refractivity contribution >= 4 is 23.3 Å². The summed E-state index contributed by atoms with van der Waals surface area (Å²) < 4.78 is 13.7. The highest BCUT2D eigenvalue weighted by atomic mass is 19.1. The SMILES string of the molecule is NC(=O)Nc1cccc(NC(=O)C2(c3cccc(F)c3)CCCC2)c1. The highest BCUT2D eigenvalue weighted by Crippen LogP contribution is 2.42. The number of nitrogens with one attached hydrogen (secondary N) is 2. The molecule has 1 aliphatic rings. The van der Waals surface area contributed by atoms with Gasteiger partial charge in [0.2, 0.25) is 5.91 Å². The van der Waals surface area contributed by atoms with Crippen LogP contribution < -0.4 is 16.4 Å². The molecule has 1 saturated carbocycles. The standard InChI is InChI=1S/C19H20FN3O2/c20-14-6-3-5-13(11-14)19(9-1-2-10-19)17(24)22-15-7-4-8-16(12-15)23-18(21)25/h3-8,11-12H,1-2,9-10H2,(H,22,24)(H3,21,23,25). The van der Waals surface area contributed by atoms with Crippen LogP contribution in [-0.2, 0) is 10.2 Å². The van der Waals surface area contributed by atoms with Crippen LogP contribution in [0.5, 0.6) is 0 Å². The van der Waals surface area contributed by atoms with Crippen molar-refractivity contribution in [2.45, 2.75) is 31.1 Å². The Labute approximate surface area is 145 Å². The lowest BCUT2D eigenvalue weighted by atomic mass is 9.78. The fourth-order valence-corrected chi connectivity index (χ4v) is 3.48. The van der Waals surface area contributed by atoms with Crippen molar-refractivity contribution in [1.82, 2.24) is 0 Å². The van der Waals surface area contributed by atoms with Crippen LogP contribution in [0.4, 0.5) is 20.6 Å². The van der Waals surface area contributed by atoms with Gasteiger partial charge in [-0.3, -0.25) is 4.79 Å². The van der Waals surface area contributed by atoms with Crippen LogP contribution >= 0.6 is 0 Å². The zero-order valence-electron chi connectivity index (χ0n) is 13.7. The van der Waals surface area contributed by atoms with E-state index in [0.29, 0.717) is 29.8 Å². The Bertz CT molecular complexity index is 801. The van der Waals surface area contributed by atoms with Gasteiger partial charge >= 0.3 is 6.03 Å². The van der Waals surface area contributed by atoms with Gasteiger partial charge in [-0.25, -0.2) is 9.18 Å². The molecular formula is C19H20FN3O2. The number of nitrogens with two attached hydrogens (primary N) is 1. The Balaban J connectivity index is 1.86. The number of carbonyl (C=O) groups is 2. The van der Waals surface area contributed by atoms with E-state index in [0.717, 1.165) is 12.8 Å². The molecule has 2 aromatic rings. The first-order valence-electron chi connectivity index (χ1n) is 8.24. The molecule has 0 saturated heterocycles. The van der Waals surface area contributed by atoms with E-state index < -0.39 is 11.4 Å². The highest BCUT2D eigenvalue weighted by molar-refractivity contribution is 6.00. The summed E-state index contributed by atoms with van der Waals surface area (Å²) in [6, 6.07) is 12.3. The number of primary amides is 1. The molecule has 0 aliphatic heterocycles. The number of hydrogen-bond acceptors (Lipinski definition) is 2. The molecule has 1 aliphatic carbocycles. The number of carbonyl (C=O) groups excluding carboxylic acids is 2. The van der Waals surface area contributed by atoms with Gasteiger partial charge < -0.3 is 16.4 Å². The van der Waals surface area contributed by atoms with Crippen molar-refractivity contribution in [1.29, 1.82) is 0 Å². The average molecular weight is 341 g/mol. The second-order valence-electron chi connectivity index (χ2n) is 6.32. The van der Waals surface area contributed by atoms with Crippen LogP contribution in [0.25, 0.3) is 0 Å². The van der Waals surface area contributed by atoms with Gasteiger partial charge in [-0.1, -0.05) is 31.0 Å². The summed E-state index contributed by atoms with van der Waals surface area (Å²) in [7, 11) is 0. The molecule has 4 N–H and O–H groups in total. The van der Waals surface area contributed by atoms with Crippen LogP contribution in [0.15, 0.2) is 48.5 Å². The number of halogens is 1. The van der Waals surface area contributed by atoms with Crippen LogP contribution in [0.3, 0.4) is 0 Å². The van der Waals surface area contributed by atoms with Gasteiger partial charge in [0.05, 0.1) is 5.41 Å². The number of anilines is 2. The number of hydrogen-bond donors (Lipinski definition) is 3. The van der Waals surface area contributed by atoms with Gasteiger partial charge in [0.1, 0.15) is 5.82 Å². The summed E-state index contributed by atoms with van der Waals surface area (Å²) >= 11 is 0. The molecule has 0 spiro atoms. The minimum atomic E-state index is -0.727. The first-order chi connectivity index (χ1) is 12.0. The molecule has 2 aromatic carbocycles. The van der Waals surface area contributed by atoms with Gasteiger partial charge in [0.15, 0.2) is 0 Å². The maximum Gasteiger partial charge on any atom is 0.316 e. The first-order valence-corrected chi connectivity index (χ1v) is 8.24. The number of rotatable bonds is 4. The summed E-state index contributed by atoms with van der Waals surface area (Å²) in [5, 5.41) is 5.38. The third-order valence-electron chi connectivity index (χ3n) is 4.66. The van der Waals surface area contributed by atoms with Crippen molar-refractivity contribution < 1.29 is 14.0 Å². The van der Waals surface area contributed by atoms with Crippen LogP contribution in [-0.4, -0.2) is 11.9 Å². The molecule has 0 bridgehead atoms. The fourth-order valence-electron chi connectivity index (χ4n) is 3.48. The van der Waals surface area contributed by atoms with E-state index in [9.17, 15) is 14.0 Å². The Kier molecular flexibility index (Phi) is 4.70. The Hall–Kier alpha value is -2.89. The first kappa shape index (κ1) is 17.0. The molecule has 0 aromatic heterocycles. The van der Waals surface area contributed by atoms with Crippen molar-refractivity contribution in [3.63, 3.8) is 0 Å². The zero-order valence-corrected chi connectivity index (χ0v) is 13.7. The smallest absolute Gasteiger partial charge is 0.316 e. The molecule has 0 atom stereocenters. The van der Waals surface area contributed by atoms with Crippen LogP contribution in [0, 0.1) is 5.82 Å². The monoisotopic (exact) mass is 341 g/mol. The summed E-state index contributed by atoms with van der Waals surface area (Å²) in [6.45, 7) is 0.